The summed E-state index contributed by atoms with van der Waals surface area (Å²) in [5, 5.41) is 9.95. The lowest BCUT2D eigenvalue weighted by molar-refractivity contribution is -0.128. The van der Waals surface area contributed by atoms with Gasteiger partial charge in [0.05, 0.1) is 5.02 Å². The molecular weight excluding hydrogens is 338 g/mol. The van der Waals surface area contributed by atoms with Gasteiger partial charge in [-0.15, -0.1) is 0 Å². The second kappa shape index (κ2) is 7.56. The highest BCUT2D eigenvalue weighted by Crippen LogP contribution is 2.29. The Morgan fingerprint density at radius 2 is 1.92 bits per heavy atom. The maximum atomic E-state index is 12.5. The Hall–Kier alpha value is -2.55. The zero-order valence-corrected chi connectivity index (χ0v) is 14.7. The predicted molar refractivity (Wildman–Crippen MR) is 96.8 cm³/mol. The normalized spacial score (nSPS) is 15.9. The molecule has 25 heavy (non-hydrogen) atoms. The molecule has 0 saturated carbocycles. The van der Waals surface area contributed by atoms with Crippen LogP contribution in [-0.4, -0.2) is 48.9 Å². The van der Waals surface area contributed by atoms with Crippen LogP contribution in [0.2, 0.25) is 5.02 Å². The molecule has 1 saturated heterocycles. The largest absolute Gasteiger partial charge is 0.457 e. The van der Waals surface area contributed by atoms with Gasteiger partial charge in [0, 0.05) is 37.8 Å². The summed E-state index contributed by atoms with van der Waals surface area (Å²) in [4.78, 5) is 16.4. The van der Waals surface area contributed by atoms with E-state index in [-0.39, 0.29) is 11.5 Å². The molecule has 6 heteroatoms. The van der Waals surface area contributed by atoms with Crippen molar-refractivity contribution in [2.45, 2.75) is 0 Å². The summed E-state index contributed by atoms with van der Waals surface area (Å²) in [6.45, 7) is 2.86. The minimum absolute atomic E-state index is 0.0737. The van der Waals surface area contributed by atoms with Crippen molar-refractivity contribution in [2.24, 2.45) is 0 Å². The van der Waals surface area contributed by atoms with Crippen LogP contribution in [0.1, 0.15) is 5.76 Å². The molecular formula is C19H18ClN3O2. The van der Waals surface area contributed by atoms with Gasteiger partial charge in [0.25, 0.3) is 5.91 Å². The molecule has 3 rings (SSSR count). The highest BCUT2D eigenvalue weighted by Gasteiger charge is 2.22. The molecule has 0 unspecified atom stereocenters. The van der Waals surface area contributed by atoms with Gasteiger partial charge in [-0.3, -0.25) is 4.79 Å². The predicted octanol–water partition coefficient (Wildman–Crippen LogP) is 3.28. The summed E-state index contributed by atoms with van der Waals surface area (Å²) in [5.41, 5.74) is 0.845. The minimum Gasteiger partial charge on any atom is -0.457 e. The number of hydrogen-bond acceptors (Lipinski definition) is 4. The molecule has 128 valence electrons. The summed E-state index contributed by atoms with van der Waals surface area (Å²) < 4.78 is 5.75. The standard InChI is InChI=1S/C19H18ClN3O2/c1-22-8-10-23(11-9-22)19(24)14(13-21)12-15-6-7-18(25-15)16-4-2-3-5-17(16)20/h2-7,12H,8-11H2,1H3/b14-12+. The van der Waals surface area contributed by atoms with Gasteiger partial charge in [-0.1, -0.05) is 23.7 Å². The fraction of sp³-hybridized carbons (Fsp3) is 0.263. The highest BCUT2D eigenvalue weighted by molar-refractivity contribution is 6.33. The lowest BCUT2D eigenvalue weighted by Crippen LogP contribution is -2.47. The van der Waals surface area contributed by atoms with E-state index in [4.69, 9.17) is 16.0 Å². The number of nitrogens with zero attached hydrogens (tertiary/aromatic N) is 3. The molecule has 2 aromatic rings. The molecule has 2 heterocycles. The number of likely N-dealkylation sites (N-methyl/N-ethyl adjacent to an activating group) is 1. The Morgan fingerprint density at radius 3 is 2.60 bits per heavy atom. The monoisotopic (exact) mass is 355 g/mol. The molecule has 0 aliphatic carbocycles. The first kappa shape index (κ1) is 17.3. The lowest BCUT2D eigenvalue weighted by Gasteiger charge is -2.32. The molecule has 1 aliphatic rings. The summed E-state index contributed by atoms with van der Waals surface area (Å²) >= 11 is 6.17. The summed E-state index contributed by atoms with van der Waals surface area (Å²) in [5.74, 6) is 0.793. The molecule has 1 aromatic carbocycles. The lowest BCUT2D eigenvalue weighted by atomic mass is 10.2. The van der Waals surface area contributed by atoms with E-state index in [0.29, 0.717) is 29.6 Å². The van der Waals surface area contributed by atoms with E-state index in [1.807, 2.05) is 31.3 Å². The third-order valence-corrected chi connectivity index (χ3v) is 4.52. The van der Waals surface area contributed by atoms with Crippen molar-refractivity contribution >= 4 is 23.6 Å². The van der Waals surface area contributed by atoms with Crippen LogP contribution in [-0.2, 0) is 4.79 Å². The SMILES string of the molecule is CN1CCN(C(=O)/C(C#N)=C/c2ccc(-c3ccccc3Cl)o2)CC1. The molecule has 5 nitrogen and oxygen atoms in total. The average molecular weight is 356 g/mol. The molecule has 1 amide bonds. The molecule has 1 aliphatic heterocycles. The summed E-state index contributed by atoms with van der Waals surface area (Å²) in [6.07, 6.45) is 1.49. The van der Waals surface area contributed by atoms with E-state index >= 15 is 0 Å². The third-order valence-electron chi connectivity index (χ3n) is 4.19. The molecule has 0 spiro atoms. The van der Waals surface area contributed by atoms with Crippen molar-refractivity contribution in [1.29, 1.82) is 5.26 Å². The maximum absolute atomic E-state index is 12.5. The Balaban J connectivity index is 1.80. The second-order valence-corrected chi connectivity index (χ2v) is 6.35. The average Bonchev–Trinajstić information content (AvgIpc) is 3.08. The van der Waals surface area contributed by atoms with E-state index < -0.39 is 0 Å². The summed E-state index contributed by atoms with van der Waals surface area (Å²) in [7, 11) is 2.02. The van der Waals surface area contributed by atoms with Gasteiger partial charge in [0.1, 0.15) is 23.2 Å². The Morgan fingerprint density at radius 1 is 1.20 bits per heavy atom. The number of hydrogen-bond donors (Lipinski definition) is 0. The Kier molecular flexibility index (Phi) is 5.22. The van der Waals surface area contributed by atoms with Crippen molar-refractivity contribution in [3.05, 3.63) is 52.8 Å². The number of rotatable bonds is 3. The maximum Gasteiger partial charge on any atom is 0.264 e. The third kappa shape index (κ3) is 3.93. The van der Waals surface area contributed by atoms with Crippen molar-refractivity contribution in [2.75, 3.05) is 33.2 Å². The number of halogens is 1. The molecule has 1 fully saturated rings. The smallest absolute Gasteiger partial charge is 0.264 e. The second-order valence-electron chi connectivity index (χ2n) is 5.95. The number of benzene rings is 1. The number of nitriles is 1. The highest BCUT2D eigenvalue weighted by atomic mass is 35.5. The van der Waals surface area contributed by atoms with E-state index in [1.54, 1.807) is 23.1 Å². The van der Waals surface area contributed by atoms with Crippen LogP contribution in [0.15, 0.2) is 46.4 Å². The van der Waals surface area contributed by atoms with Gasteiger partial charge in [-0.2, -0.15) is 5.26 Å². The topological polar surface area (TPSA) is 60.5 Å². The van der Waals surface area contributed by atoms with Gasteiger partial charge >= 0.3 is 0 Å². The Bertz CT molecular complexity index is 842. The van der Waals surface area contributed by atoms with Gasteiger partial charge in [0.15, 0.2) is 0 Å². The number of carbonyl (C=O) groups excluding carboxylic acids is 1. The van der Waals surface area contributed by atoms with Gasteiger partial charge in [-0.25, -0.2) is 0 Å². The van der Waals surface area contributed by atoms with Crippen LogP contribution in [0, 0.1) is 11.3 Å². The van der Waals surface area contributed by atoms with E-state index in [1.165, 1.54) is 6.08 Å². The minimum atomic E-state index is -0.258. The van der Waals surface area contributed by atoms with Crippen LogP contribution in [0.3, 0.4) is 0 Å². The molecule has 0 atom stereocenters. The number of furan rings is 1. The van der Waals surface area contributed by atoms with Crippen molar-refractivity contribution in [3.8, 4) is 17.4 Å². The molecule has 0 N–H and O–H groups in total. The molecule has 0 bridgehead atoms. The van der Waals surface area contributed by atoms with E-state index in [2.05, 4.69) is 4.90 Å². The van der Waals surface area contributed by atoms with Crippen molar-refractivity contribution in [3.63, 3.8) is 0 Å². The molecule has 1 aromatic heterocycles. The first-order valence-corrected chi connectivity index (χ1v) is 8.40. The van der Waals surface area contributed by atoms with Crippen molar-refractivity contribution < 1.29 is 9.21 Å². The van der Waals surface area contributed by atoms with Crippen LogP contribution in [0.5, 0.6) is 0 Å². The van der Waals surface area contributed by atoms with Gasteiger partial charge in [0.2, 0.25) is 0 Å². The zero-order chi connectivity index (χ0) is 17.8. The number of piperazine rings is 1. The van der Waals surface area contributed by atoms with Crippen LogP contribution in [0.25, 0.3) is 17.4 Å². The van der Waals surface area contributed by atoms with E-state index in [0.717, 1.165) is 18.7 Å². The van der Waals surface area contributed by atoms with Crippen molar-refractivity contribution in [1.82, 2.24) is 9.80 Å². The van der Waals surface area contributed by atoms with Gasteiger partial charge < -0.3 is 14.2 Å². The van der Waals surface area contributed by atoms with Crippen LogP contribution >= 0.6 is 11.6 Å². The summed E-state index contributed by atoms with van der Waals surface area (Å²) in [6, 6.07) is 12.9. The first-order valence-electron chi connectivity index (χ1n) is 8.03. The molecule has 0 radical (unpaired) electrons. The zero-order valence-electron chi connectivity index (χ0n) is 13.9. The fourth-order valence-corrected chi connectivity index (χ4v) is 2.93. The Labute approximate surface area is 151 Å². The van der Waals surface area contributed by atoms with Crippen LogP contribution < -0.4 is 0 Å². The quantitative estimate of drug-likeness (QED) is 0.626. The first-order chi connectivity index (χ1) is 12.1. The van der Waals surface area contributed by atoms with Crippen LogP contribution in [0.4, 0.5) is 0 Å². The fourth-order valence-electron chi connectivity index (χ4n) is 2.70. The number of amides is 1. The van der Waals surface area contributed by atoms with Gasteiger partial charge in [-0.05, 0) is 31.3 Å². The van der Waals surface area contributed by atoms with E-state index in [9.17, 15) is 10.1 Å². The number of carbonyl (C=O) groups is 1.